The third kappa shape index (κ3) is 3.23. The van der Waals surface area contributed by atoms with Crippen LogP contribution < -0.4 is 4.90 Å². The lowest BCUT2D eigenvalue weighted by molar-refractivity contribution is 0.0690. The van der Waals surface area contributed by atoms with Crippen molar-refractivity contribution in [2.75, 3.05) is 31.6 Å². The minimum atomic E-state index is -0.976. The van der Waals surface area contributed by atoms with Crippen LogP contribution in [-0.2, 0) is 0 Å². The molecule has 1 N–H and O–H groups in total. The van der Waals surface area contributed by atoms with Crippen LogP contribution in [0.15, 0.2) is 18.2 Å². The van der Waals surface area contributed by atoms with Crippen molar-refractivity contribution in [2.24, 2.45) is 0 Å². The Kier molecular flexibility index (Phi) is 4.37. The number of piperidine rings is 1. The predicted molar refractivity (Wildman–Crippen MR) is 74.7 cm³/mol. The van der Waals surface area contributed by atoms with Gasteiger partial charge in [0, 0.05) is 26.2 Å². The second-order valence-corrected chi connectivity index (χ2v) is 4.96. The molecule has 0 unspecified atom stereocenters. The lowest BCUT2D eigenvalue weighted by Crippen LogP contribution is -2.43. The zero-order valence-corrected chi connectivity index (χ0v) is 11.5. The lowest BCUT2D eigenvalue weighted by atomic mass is 10.0. The largest absolute Gasteiger partial charge is 0.477 e. The minimum absolute atomic E-state index is 0.107. The molecule has 1 saturated heterocycles. The third-order valence-electron chi connectivity index (χ3n) is 3.87. The van der Waals surface area contributed by atoms with Gasteiger partial charge in [-0.2, -0.15) is 0 Å². The van der Waals surface area contributed by atoms with Crippen molar-refractivity contribution in [3.8, 4) is 0 Å². The molecule has 0 bridgehead atoms. The standard InChI is InChI=1S/C14H21N3O2/c1-3-17-9-7-11(8-10-17)16(2)13-6-4-5-12(15-13)14(18)19/h4-6,11H,3,7-10H2,1-2H3,(H,18,19). The summed E-state index contributed by atoms with van der Waals surface area (Å²) < 4.78 is 0. The molecule has 1 aromatic rings. The van der Waals surface area contributed by atoms with Gasteiger partial charge in [-0.15, -0.1) is 0 Å². The van der Waals surface area contributed by atoms with E-state index in [1.807, 2.05) is 13.1 Å². The Hall–Kier alpha value is -1.62. The number of likely N-dealkylation sites (tertiary alicyclic amines) is 1. The molecule has 1 fully saturated rings. The summed E-state index contributed by atoms with van der Waals surface area (Å²) >= 11 is 0. The van der Waals surface area contributed by atoms with Gasteiger partial charge >= 0.3 is 5.97 Å². The first kappa shape index (κ1) is 13.8. The number of anilines is 1. The Morgan fingerprint density at radius 3 is 2.74 bits per heavy atom. The Balaban J connectivity index is 2.05. The van der Waals surface area contributed by atoms with Gasteiger partial charge < -0.3 is 14.9 Å². The lowest BCUT2D eigenvalue weighted by Gasteiger charge is -2.36. The van der Waals surface area contributed by atoms with Gasteiger partial charge in [0.25, 0.3) is 0 Å². The van der Waals surface area contributed by atoms with Gasteiger partial charge in [-0.25, -0.2) is 9.78 Å². The van der Waals surface area contributed by atoms with Crippen LogP contribution in [-0.4, -0.2) is 53.7 Å². The topological polar surface area (TPSA) is 56.7 Å². The number of pyridine rings is 1. The number of carbonyl (C=O) groups is 1. The molecule has 0 saturated carbocycles. The van der Waals surface area contributed by atoms with Crippen LogP contribution in [0.5, 0.6) is 0 Å². The van der Waals surface area contributed by atoms with Crippen molar-refractivity contribution in [2.45, 2.75) is 25.8 Å². The van der Waals surface area contributed by atoms with E-state index in [2.05, 4.69) is 21.7 Å². The number of hydrogen-bond donors (Lipinski definition) is 1. The molecule has 104 valence electrons. The zero-order chi connectivity index (χ0) is 13.8. The highest BCUT2D eigenvalue weighted by atomic mass is 16.4. The maximum atomic E-state index is 10.9. The molecule has 5 heteroatoms. The maximum absolute atomic E-state index is 10.9. The van der Waals surface area contributed by atoms with Crippen LogP contribution in [0.1, 0.15) is 30.3 Å². The van der Waals surface area contributed by atoms with Crippen LogP contribution in [0.3, 0.4) is 0 Å². The van der Waals surface area contributed by atoms with E-state index in [4.69, 9.17) is 5.11 Å². The fourth-order valence-corrected chi connectivity index (χ4v) is 2.55. The summed E-state index contributed by atoms with van der Waals surface area (Å²) in [6.07, 6.45) is 2.20. The van der Waals surface area contributed by atoms with Gasteiger partial charge in [-0.05, 0) is 31.5 Å². The second-order valence-electron chi connectivity index (χ2n) is 4.96. The highest BCUT2D eigenvalue weighted by Crippen LogP contribution is 2.20. The first-order valence-electron chi connectivity index (χ1n) is 6.77. The Bertz CT molecular complexity index is 442. The smallest absolute Gasteiger partial charge is 0.354 e. The maximum Gasteiger partial charge on any atom is 0.354 e. The van der Waals surface area contributed by atoms with Gasteiger partial charge in [-0.3, -0.25) is 0 Å². The van der Waals surface area contributed by atoms with E-state index in [0.717, 1.165) is 38.3 Å². The van der Waals surface area contributed by atoms with E-state index in [-0.39, 0.29) is 5.69 Å². The molecular weight excluding hydrogens is 242 g/mol. The first-order valence-corrected chi connectivity index (χ1v) is 6.77. The normalized spacial score (nSPS) is 17.4. The van der Waals surface area contributed by atoms with Crippen LogP contribution in [0.25, 0.3) is 0 Å². The molecular formula is C14H21N3O2. The molecule has 2 rings (SSSR count). The number of nitrogens with zero attached hydrogens (tertiary/aromatic N) is 3. The van der Waals surface area contributed by atoms with Gasteiger partial charge in [0.1, 0.15) is 5.82 Å². The summed E-state index contributed by atoms with van der Waals surface area (Å²) in [7, 11) is 2.00. The zero-order valence-electron chi connectivity index (χ0n) is 11.5. The van der Waals surface area contributed by atoms with Crippen LogP contribution >= 0.6 is 0 Å². The SMILES string of the molecule is CCN1CCC(N(C)c2cccc(C(=O)O)n2)CC1. The van der Waals surface area contributed by atoms with Gasteiger partial charge in [0.15, 0.2) is 5.69 Å². The summed E-state index contributed by atoms with van der Waals surface area (Å²) in [5.74, 6) is -0.231. The highest BCUT2D eigenvalue weighted by molar-refractivity contribution is 5.85. The summed E-state index contributed by atoms with van der Waals surface area (Å²) in [5, 5.41) is 8.98. The molecule has 1 aliphatic rings. The number of hydrogen-bond acceptors (Lipinski definition) is 4. The van der Waals surface area contributed by atoms with E-state index in [0.29, 0.717) is 6.04 Å². The van der Waals surface area contributed by atoms with Gasteiger partial charge in [0.05, 0.1) is 0 Å². The van der Waals surface area contributed by atoms with Crippen molar-refractivity contribution < 1.29 is 9.90 Å². The van der Waals surface area contributed by atoms with E-state index in [1.54, 1.807) is 6.07 Å². The average molecular weight is 263 g/mol. The predicted octanol–water partition coefficient (Wildman–Crippen LogP) is 1.70. The summed E-state index contributed by atoms with van der Waals surface area (Å²) in [6, 6.07) is 5.60. The van der Waals surface area contributed by atoms with Gasteiger partial charge in [-0.1, -0.05) is 13.0 Å². The fraction of sp³-hybridized carbons (Fsp3) is 0.571. The van der Waals surface area contributed by atoms with E-state index in [1.165, 1.54) is 6.07 Å². The molecule has 0 aliphatic carbocycles. The Labute approximate surface area is 113 Å². The molecule has 0 spiro atoms. The van der Waals surface area contributed by atoms with E-state index in [9.17, 15) is 4.79 Å². The number of carboxylic acids is 1. The average Bonchev–Trinajstić information content (AvgIpc) is 2.46. The molecule has 0 radical (unpaired) electrons. The molecule has 0 amide bonds. The monoisotopic (exact) mass is 263 g/mol. The van der Waals surface area contributed by atoms with Crippen molar-refractivity contribution in [3.63, 3.8) is 0 Å². The quantitative estimate of drug-likeness (QED) is 0.896. The summed E-state index contributed by atoms with van der Waals surface area (Å²) in [4.78, 5) is 19.7. The van der Waals surface area contributed by atoms with Crippen LogP contribution in [0, 0.1) is 0 Å². The Morgan fingerprint density at radius 1 is 1.47 bits per heavy atom. The van der Waals surface area contributed by atoms with Crippen LogP contribution in [0.2, 0.25) is 0 Å². The molecule has 2 heterocycles. The Morgan fingerprint density at radius 2 is 2.16 bits per heavy atom. The summed E-state index contributed by atoms with van der Waals surface area (Å²) in [5.41, 5.74) is 0.107. The second kappa shape index (κ2) is 6.02. The van der Waals surface area contributed by atoms with Crippen molar-refractivity contribution in [1.29, 1.82) is 0 Å². The van der Waals surface area contributed by atoms with Gasteiger partial charge in [0.2, 0.25) is 0 Å². The van der Waals surface area contributed by atoms with E-state index >= 15 is 0 Å². The number of aromatic carboxylic acids is 1. The molecule has 0 atom stereocenters. The number of aromatic nitrogens is 1. The third-order valence-corrected chi connectivity index (χ3v) is 3.87. The molecule has 1 aromatic heterocycles. The molecule has 5 nitrogen and oxygen atoms in total. The first-order chi connectivity index (χ1) is 9.11. The van der Waals surface area contributed by atoms with Crippen molar-refractivity contribution in [3.05, 3.63) is 23.9 Å². The number of carboxylic acid groups (broad SMARTS) is 1. The molecule has 0 aromatic carbocycles. The van der Waals surface area contributed by atoms with Crippen molar-refractivity contribution in [1.82, 2.24) is 9.88 Å². The minimum Gasteiger partial charge on any atom is -0.477 e. The number of rotatable bonds is 4. The van der Waals surface area contributed by atoms with E-state index < -0.39 is 5.97 Å². The summed E-state index contributed by atoms with van der Waals surface area (Å²) in [6.45, 7) is 5.49. The highest BCUT2D eigenvalue weighted by Gasteiger charge is 2.22. The van der Waals surface area contributed by atoms with Crippen molar-refractivity contribution >= 4 is 11.8 Å². The van der Waals surface area contributed by atoms with Crippen LogP contribution in [0.4, 0.5) is 5.82 Å². The molecule has 1 aliphatic heterocycles. The fourth-order valence-electron chi connectivity index (χ4n) is 2.55. The molecule has 19 heavy (non-hydrogen) atoms.